The molecule has 24 heavy (non-hydrogen) atoms. The molecule has 6 nitrogen and oxygen atoms in total. The zero-order chi connectivity index (χ0) is 16.9. The number of hydrogen-bond donors (Lipinski definition) is 1. The van der Waals surface area contributed by atoms with Crippen LogP contribution in [-0.4, -0.2) is 54.3 Å². The molecule has 0 aromatic heterocycles. The molecule has 1 aliphatic carbocycles. The van der Waals surface area contributed by atoms with Gasteiger partial charge in [0.15, 0.2) is 0 Å². The lowest BCUT2D eigenvalue weighted by Crippen LogP contribution is -2.44. The Bertz CT molecular complexity index is 576. The predicted octanol–water partition coefficient (Wildman–Crippen LogP) is 1.79. The molecule has 1 amide bonds. The second-order valence-electron chi connectivity index (χ2n) is 6.40. The van der Waals surface area contributed by atoms with E-state index in [0.717, 1.165) is 25.0 Å². The van der Waals surface area contributed by atoms with Gasteiger partial charge < -0.3 is 19.5 Å². The number of carboxylic acid groups (broad SMARTS) is 1. The van der Waals surface area contributed by atoms with E-state index in [9.17, 15) is 14.7 Å². The summed E-state index contributed by atoms with van der Waals surface area (Å²) in [6.45, 7) is 1.09. The summed E-state index contributed by atoms with van der Waals surface area (Å²) < 4.78 is 10.9. The van der Waals surface area contributed by atoms with Crippen LogP contribution in [0.2, 0.25) is 0 Å². The fourth-order valence-electron chi connectivity index (χ4n) is 3.86. The number of rotatable bonds is 7. The summed E-state index contributed by atoms with van der Waals surface area (Å²) in [5, 5.41) is 9.46. The monoisotopic (exact) mass is 333 g/mol. The van der Waals surface area contributed by atoms with Gasteiger partial charge in [-0.3, -0.25) is 4.79 Å². The van der Waals surface area contributed by atoms with E-state index in [2.05, 4.69) is 0 Å². The molecule has 0 spiro atoms. The van der Waals surface area contributed by atoms with Crippen molar-refractivity contribution < 1.29 is 24.2 Å². The highest BCUT2D eigenvalue weighted by molar-refractivity contribution is 5.85. The Hall–Kier alpha value is -2.08. The summed E-state index contributed by atoms with van der Waals surface area (Å²) >= 11 is 0. The van der Waals surface area contributed by atoms with Gasteiger partial charge in [-0.15, -0.1) is 0 Å². The van der Waals surface area contributed by atoms with Crippen LogP contribution in [-0.2, 0) is 14.3 Å². The van der Waals surface area contributed by atoms with Gasteiger partial charge in [0.1, 0.15) is 25.0 Å². The highest BCUT2D eigenvalue weighted by atomic mass is 16.5. The van der Waals surface area contributed by atoms with Gasteiger partial charge in [0.05, 0.1) is 6.61 Å². The Morgan fingerprint density at radius 2 is 1.96 bits per heavy atom. The van der Waals surface area contributed by atoms with Crippen LogP contribution in [0.5, 0.6) is 5.75 Å². The van der Waals surface area contributed by atoms with E-state index in [1.165, 1.54) is 4.90 Å². The minimum atomic E-state index is -0.898. The Balaban J connectivity index is 1.42. The fraction of sp³-hybridized carbons (Fsp3) is 0.556. The number of ether oxygens (including phenoxy) is 2. The minimum Gasteiger partial charge on any atom is -0.491 e. The molecule has 6 heteroatoms. The third-order valence-electron chi connectivity index (χ3n) is 4.93. The predicted molar refractivity (Wildman–Crippen MR) is 86.7 cm³/mol. The van der Waals surface area contributed by atoms with Crippen LogP contribution in [0.3, 0.4) is 0 Å². The maximum Gasteiger partial charge on any atom is 0.326 e. The van der Waals surface area contributed by atoms with Crippen molar-refractivity contribution >= 4 is 11.9 Å². The molecule has 1 aromatic rings. The Morgan fingerprint density at radius 3 is 2.71 bits per heavy atom. The molecule has 3 atom stereocenters. The van der Waals surface area contributed by atoms with Crippen molar-refractivity contribution in [2.45, 2.75) is 25.3 Å². The van der Waals surface area contributed by atoms with Gasteiger partial charge in [0.2, 0.25) is 5.91 Å². The first kappa shape index (κ1) is 16.8. The average molecular weight is 333 g/mol. The normalized spacial score (nSPS) is 25.5. The standard InChI is InChI=1S/C18H23NO5/c20-16(12-23-9-10-24-14-6-2-1-3-7-14)19-11-13-5-4-8-15(13)17(19)18(21)22/h1-3,6-7,13,15,17H,4-5,8-12H2,(H,21,22). The lowest BCUT2D eigenvalue weighted by atomic mass is 9.94. The van der Waals surface area contributed by atoms with Crippen molar-refractivity contribution in [3.8, 4) is 5.75 Å². The van der Waals surface area contributed by atoms with E-state index >= 15 is 0 Å². The summed E-state index contributed by atoms with van der Waals surface area (Å²) in [5.41, 5.74) is 0. The Kier molecular flexibility index (Phi) is 5.35. The number of amides is 1. The molecule has 1 saturated heterocycles. The van der Waals surface area contributed by atoms with E-state index < -0.39 is 12.0 Å². The molecule has 1 aromatic carbocycles. The first-order valence-corrected chi connectivity index (χ1v) is 8.44. The minimum absolute atomic E-state index is 0.0959. The number of benzene rings is 1. The van der Waals surface area contributed by atoms with Gasteiger partial charge in [-0.25, -0.2) is 4.79 Å². The summed E-state index contributed by atoms with van der Waals surface area (Å²) in [6.07, 6.45) is 2.98. The van der Waals surface area contributed by atoms with Gasteiger partial charge in [0.25, 0.3) is 0 Å². The van der Waals surface area contributed by atoms with E-state index in [0.29, 0.717) is 25.7 Å². The van der Waals surface area contributed by atoms with Gasteiger partial charge in [-0.2, -0.15) is 0 Å². The van der Waals surface area contributed by atoms with Gasteiger partial charge in [-0.1, -0.05) is 24.6 Å². The van der Waals surface area contributed by atoms with E-state index in [4.69, 9.17) is 9.47 Å². The number of carbonyl (C=O) groups excluding carboxylic acids is 1. The van der Waals surface area contributed by atoms with Gasteiger partial charge >= 0.3 is 5.97 Å². The Morgan fingerprint density at radius 1 is 1.17 bits per heavy atom. The SMILES string of the molecule is O=C(O)C1C2CCCC2CN1C(=O)COCCOc1ccccc1. The molecule has 3 rings (SSSR count). The highest BCUT2D eigenvalue weighted by Gasteiger charge is 2.49. The van der Waals surface area contributed by atoms with Crippen LogP contribution in [0.4, 0.5) is 0 Å². The third kappa shape index (κ3) is 3.70. The van der Waals surface area contributed by atoms with Gasteiger partial charge in [0, 0.05) is 6.54 Å². The lowest BCUT2D eigenvalue weighted by Gasteiger charge is -2.24. The van der Waals surface area contributed by atoms with Crippen molar-refractivity contribution in [3.05, 3.63) is 30.3 Å². The first-order chi connectivity index (χ1) is 11.7. The fourth-order valence-corrected chi connectivity index (χ4v) is 3.86. The summed E-state index contributed by atoms with van der Waals surface area (Å²) in [7, 11) is 0. The van der Waals surface area contributed by atoms with Crippen LogP contribution >= 0.6 is 0 Å². The number of carboxylic acids is 1. The van der Waals surface area contributed by atoms with Crippen molar-refractivity contribution in [3.63, 3.8) is 0 Å². The molecule has 3 unspecified atom stereocenters. The second kappa shape index (κ2) is 7.66. The molecular formula is C18H23NO5. The third-order valence-corrected chi connectivity index (χ3v) is 4.93. The molecular weight excluding hydrogens is 310 g/mol. The number of aliphatic carboxylic acids is 1. The van der Waals surface area contributed by atoms with Crippen LogP contribution in [0.25, 0.3) is 0 Å². The van der Waals surface area contributed by atoms with Crippen molar-refractivity contribution in [2.75, 3.05) is 26.4 Å². The van der Waals surface area contributed by atoms with Crippen molar-refractivity contribution in [1.29, 1.82) is 0 Å². The maximum atomic E-state index is 12.3. The molecule has 2 aliphatic rings. The number of likely N-dealkylation sites (tertiary alicyclic amines) is 1. The smallest absolute Gasteiger partial charge is 0.326 e. The molecule has 2 fully saturated rings. The quantitative estimate of drug-likeness (QED) is 0.770. The largest absolute Gasteiger partial charge is 0.491 e. The van der Waals surface area contributed by atoms with Crippen LogP contribution in [0, 0.1) is 11.8 Å². The molecule has 1 saturated carbocycles. The second-order valence-corrected chi connectivity index (χ2v) is 6.40. The van der Waals surface area contributed by atoms with Crippen LogP contribution < -0.4 is 4.74 Å². The van der Waals surface area contributed by atoms with Crippen LogP contribution in [0.1, 0.15) is 19.3 Å². The maximum absolute atomic E-state index is 12.3. The first-order valence-electron chi connectivity index (χ1n) is 8.44. The molecule has 0 radical (unpaired) electrons. The van der Waals surface area contributed by atoms with Gasteiger partial charge in [-0.05, 0) is 36.8 Å². The zero-order valence-corrected chi connectivity index (χ0v) is 13.6. The highest BCUT2D eigenvalue weighted by Crippen LogP contribution is 2.42. The van der Waals surface area contributed by atoms with E-state index in [1.807, 2.05) is 30.3 Å². The average Bonchev–Trinajstić information content (AvgIpc) is 3.15. The van der Waals surface area contributed by atoms with Crippen molar-refractivity contribution in [2.24, 2.45) is 11.8 Å². The summed E-state index contributed by atoms with van der Waals surface area (Å²) in [5.74, 6) is 0.0525. The zero-order valence-electron chi connectivity index (χ0n) is 13.6. The molecule has 0 bridgehead atoms. The molecule has 1 aliphatic heterocycles. The van der Waals surface area contributed by atoms with E-state index in [-0.39, 0.29) is 18.4 Å². The molecule has 1 N–H and O–H groups in total. The topological polar surface area (TPSA) is 76.1 Å². The summed E-state index contributed by atoms with van der Waals surface area (Å²) in [6, 6.07) is 8.70. The number of hydrogen-bond acceptors (Lipinski definition) is 4. The Labute approximate surface area is 141 Å². The van der Waals surface area contributed by atoms with Crippen LogP contribution in [0.15, 0.2) is 30.3 Å². The lowest BCUT2D eigenvalue weighted by molar-refractivity contribution is -0.151. The number of nitrogens with zero attached hydrogens (tertiary/aromatic N) is 1. The molecule has 1 heterocycles. The summed E-state index contributed by atoms with van der Waals surface area (Å²) in [4.78, 5) is 25.4. The number of fused-ring (bicyclic) bond motifs is 1. The van der Waals surface area contributed by atoms with Crippen molar-refractivity contribution in [1.82, 2.24) is 4.90 Å². The number of carbonyl (C=O) groups is 2. The van der Waals surface area contributed by atoms with E-state index in [1.54, 1.807) is 0 Å². The molecule has 130 valence electrons. The number of para-hydroxylation sites is 1.